The number of ketones is 1. The summed E-state index contributed by atoms with van der Waals surface area (Å²) in [5, 5.41) is 0. The number of hydrogen-bond acceptors (Lipinski definition) is 7. The number of imidazole rings is 1. The van der Waals surface area contributed by atoms with Crippen LogP contribution < -0.4 is 0 Å². The predicted molar refractivity (Wildman–Crippen MR) is 199 cm³/mol. The molecule has 1 aromatic heterocycles. The van der Waals surface area contributed by atoms with Gasteiger partial charge in [-0.05, 0) is 163 Å². The van der Waals surface area contributed by atoms with Crippen LogP contribution in [0.3, 0.4) is 0 Å². The van der Waals surface area contributed by atoms with E-state index in [9.17, 15) is 0 Å². The third kappa shape index (κ3) is 11.3. The molecule has 1 unspecified atom stereocenters. The minimum Gasteiger partial charge on any atom is -0.349 e. The van der Waals surface area contributed by atoms with Gasteiger partial charge < -0.3 is 24.6 Å². The van der Waals surface area contributed by atoms with E-state index in [4.69, 9.17) is 0 Å². The Labute approximate surface area is 294 Å². The summed E-state index contributed by atoms with van der Waals surface area (Å²) in [7, 11) is 9.18. The van der Waals surface area contributed by atoms with Crippen molar-refractivity contribution in [2.75, 3.05) is 80.5 Å². The molecule has 5 rings (SSSR count). The highest BCUT2D eigenvalue weighted by atomic mass is 16.1. The van der Waals surface area contributed by atoms with Crippen LogP contribution in [-0.4, -0.2) is 139 Å². The van der Waals surface area contributed by atoms with Gasteiger partial charge in [-0.25, -0.2) is 4.98 Å². The van der Waals surface area contributed by atoms with E-state index >= 15 is 4.79 Å². The summed E-state index contributed by atoms with van der Waals surface area (Å²) in [6.07, 6.45) is 25.6. The molecule has 0 aliphatic carbocycles. The van der Waals surface area contributed by atoms with Gasteiger partial charge in [0.15, 0.2) is 0 Å². The van der Waals surface area contributed by atoms with Gasteiger partial charge in [0, 0.05) is 37.3 Å². The fourth-order valence-electron chi connectivity index (χ4n) is 9.88. The van der Waals surface area contributed by atoms with Crippen molar-refractivity contribution < 1.29 is 4.79 Å². The SMILES string of the molecule is CN1CCC(C(C2CCN(C)CC2)C(C(=O)CCCCCCCCCCc2ncc[nH]2)N(C2CCN(C)CC2)C2CCN(C)CC2)CC1. The molecule has 4 fully saturated rings. The molecule has 8 nitrogen and oxygen atoms in total. The normalized spacial score (nSPS) is 23.5. The number of piperidine rings is 4. The molecular formula is C40H73N7O. The highest BCUT2D eigenvalue weighted by Crippen LogP contribution is 2.42. The van der Waals surface area contributed by atoms with Crippen LogP contribution in [0.4, 0.5) is 0 Å². The summed E-state index contributed by atoms with van der Waals surface area (Å²) < 4.78 is 0. The predicted octanol–water partition coefficient (Wildman–Crippen LogP) is 6.19. The second kappa shape index (κ2) is 19.9. The van der Waals surface area contributed by atoms with Crippen LogP contribution in [0.2, 0.25) is 0 Å². The Hall–Kier alpha value is -1.32. The molecule has 1 N–H and O–H groups in total. The Morgan fingerprint density at radius 1 is 0.667 bits per heavy atom. The van der Waals surface area contributed by atoms with Crippen LogP contribution in [0.5, 0.6) is 0 Å². The molecule has 274 valence electrons. The zero-order valence-corrected chi connectivity index (χ0v) is 31.6. The van der Waals surface area contributed by atoms with Gasteiger partial charge in [0.1, 0.15) is 11.6 Å². The molecule has 0 amide bonds. The number of aromatic nitrogens is 2. The largest absolute Gasteiger partial charge is 0.349 e. The molecule has 5 heterocycles. The summed E-state index contributed by atoms with van der Waals surface area (Å²) in [5.74, 6) is 3.61. The van der Waals surface area contributed by atoms with Gasteiger partial charge in [-0.1, -0.05) is 38.5 Å². The minimum absolute atomic E-state index is 0.114. The Bertz CT molecular complexity index is 911. The second-order valence-electron chi connectivity index (χ2n) is 16.7. The number of H-pyrrole nitrogens is 1. The first-order valence-corrected chi connectivity index (χ1v) is 20.4. The first kappa shape index (κ1) is 37.9. The number of aromatic amines is 1. The van der Waals surface area contributed by atoms with Crippen molar-refractivity contribution in [2.24, 2.45) is 17.8 Å². The lowest BCUT2D eigenvalue weighted by molar-refractivity contribution is -0.135. The number of aryl methyl sites for hydroxylation is 1. The molecule has 0 bridgehead atoms. The molecule has 4 saturated heterocycles. The molecule has 1 atom stereocenters. The maximum Gasteiger partial charge on any atom is 0.150 e. The molecule has 0 aromatic carbocycles. The summed E-state index contributed by atoms with van der Waals surface area (Å²) in [4.78, 5) is 35.7. The lowest BCUT2D eigenvalue weighted by atomic mass is 9.67. The van der Waals surface area contributed by atoms with E-state index in [0.717, 1.165) is 25.1 Å². The molecule has 0 radical (unpaired) electrons. The molecule has 4 aliphatic heterocycles. The lowest BCUT2D eigenvalue weighted by Gasteiger charge is -2.53. The maximum atomic E-state index is 15.1. The van der Waals surface area contributed by atoms with E-state index in [1.807, 2.05) is 12.4 Å². The van der Waals surface area contributed by atoms with E-state index in [-0.39, 0.29) is 6.04 Å². The molecule has 0 saturated carbocycles. The number of carbonyl (C=O) groups is 1. The van der Waals surface area contributed by atoms with Crippen molar-refractivity contribution in [2.45, 2.75) is 134 Å². The second-order valence-corrected chi connectivity index (χ2v) is 16.7. The van der Waals surface area contributed by atoms with E-state index in [1.54, 1.807) is 0 Å². The van der Waals surface area contributed by atoms with Crippen LogP contribution >= 0.6 is 0 Å². The Morgan fingerprint density at radius 3 is 1.52 bits per heavy atom. The van der Waals surface area contributed by atoms with Gasteiger partial charge in [-0.15, -0.1) is 0 Å². The smallest absolute Gasteiger partial charge is 0.150 e. The van der Waals surface area contributed by atoms with Crippen molar-refractivity contribution in [3.63, 3.8) is 0 Å². The van der Waals surface area contributed by atoms with Gasteiger partial charge in [-0.2, -0.15) is 0 Å². The Morgan fingerprint density at radius 2 is 1.08 bits per heavy atom. The highest BCUT2D eigenvalue weighted by molar-refractivity contribution is 5.84. The van der Waals surface area contributed by atoms with Gasteiger partial charge in [0.25, 0.3) is 0 Å². The van der Waals surface area contributed by atoms with Gasteiger partial charge in [0.05, 0.1) is 6.04 Å². The Kier molecular flexibility index (Phi) is 15.7. The third-order valence-electron chi connectivity index (χ3n) is 13.0. The number of rotatable bonds is 18. The first-order valence-electron chi connectivity index (χ1n) is 20.4. The molecule has 8 heteroatoms. The van der Waals surface area contributed by atoms with Crippen molar-refractivity contribution in [3.05, 3.63) is 18.2 Å². The van der Waals surface area contributed by atoms with Gasteiger partial charge in [0.2, 0.25) is 0 Å². The fourth-order valence-corrected chi connectivity index (χ4v) is 9.88. The number of unbranched alkanes of at least 4 members (excludes halogenated alkanes) is 7. The van der Waals surface area contributed by atoms with E-state index < -0.39 is 0 Å². The monoisotopic (exact) mass is 668 g/mol. The number of hydrogen-bond donors (Lipinski definition) is 1. The van der Waals surface area contributed by atoms with Crippen molar-refractivity contribution >= 4 is 5.78 Å². The zero-order chi connectivity index (χ0) is 33.7. The molecular weight excluding hydrogens is 594 g/mol. The standard InChI is InChI=1S/C40H73N7O/c1-43-25-15-33(16-26-43)39(34-17-27-44(2)28-18-34)40(47(35-19-29-45(3)30-20-35)36-21-31-46(4)32-22-36)37(48)13-11-9-7-5-6-8-10-12-14-38-41-23-24-42-38/h23-24,33-36,39-40H,5-22,25-32H2,1-4H3,(H,41,42). The minimum atomic E-state index is 0.114. The number of Topliss-reactive ketones (excluding diaryl/α,β-unsaturated/α-hetero) is 1. The van der Waals surface area contributed by atoms with Crippen LogP contribution in [-0.2, 0) is 11.2 Å². The van der Waals surface area contributed by atoms with Crippen LogP contribution in [0.15, 0.2) is 12.4 Å². The van der Waals surface area contributed by atoms with Crippen molar-refractivity contribution in [1.29, 1.82) is 0 Å². The molecule has 0 spiro atoms. The average Bonchev–Trinajstić information content (AvgIpc) is 3.62. The quantitative estimate of drug-likeness (QED) is 0.187. The van der Waals surface area contributed by atoms with Crippen LogP contribution in [0.1, 0.15) is 115 Å². The summed E-state index contributed by atoms with van der Waals surface area (Å²) in [6, 6.07) is 1.22. The van der Waals surface area contributed by atoms with Gasteiger partial charge >= 0.3 is 0 Å². The zero-order valence-electron chi connectivity index (χ0n) is 31.6. The van der Waals surface area contributed by atoms with E-state index in [1.165, 1.54) is 149 Å². The molecule has 4 aliphatic rings. The molecule has 48 heavy (non-hydrogen) atoms. The highest BCUT2D eigenvalue weighted by Gasteiger charge is 2.47. The fraction of sp³-hybridized carbons (Fsp3) is 0.900. The van der Waals surface area contributed by atoms with Crippen LogP contribution in [0.25, 0.3) is 0 Å². The first-order chi connectivity index (χ1) is 23.4. The lowest BCUT2D eigenvalue weighted by Crippen LogP contribution is -2.62. The number of carbonyl (C=O) groups excluding carboxylic acids is 1. The maximum absolute atomic E-state index is 15.1. The average molecular weight is 668 g/mol. The van der Waals surface area contributed by atoms with Crippen molar-refractivity contribution in [3.8, 4) is 0 Å². The summed E-state index contributed by atoms with van der Waals surface area (Å²) in [6.45, 7) is 9.46. The number of likely N-dealkylation sites (tertiary alicyclic amines) is 4. The van der Waals surface area contributed by atoms with Crippen molar-refractivity contribution in [1.82, 2.24) is 34.5 Å². The molecule has 1 aromatic rings. The Balaban J connectivity index is 1.27. The summed E-state index contributed by atoms with van der Waals surface area (Å²) >= 11 is 0. The summed E-state index contributed by atoms with van der Waals surface area (Å²) in [5.41, 5.74) is 0. The van der Waals surface area contributed by atoms with E-state index in [2.05, 4.69) is 62.7 Å². The topological polar surface area (TPSA) is 62.0 Å². The number of nitrogens with zero attached hydrogens (tertiary/aromatic N) is 6. The van der Waals surface area contributed by atoms with Gasteiger partial charge in [-0.3, -0.25) is 9.69 Å². The van der Waals surface area contributed by atoms with E-state index in [0.29, 0.717) is 35.6 Å². The van der Waals surface area contributed by atoms with Crippen LogP contribution in [0, 0.1) is 17.8 Å². The third-order valence-corrected chi connectivity index (χ3v) is 13.0. The number of nitrogens with one attached hydrogen (secondary N) is 1.